The van der Waals surface area contributed by atoms with E-state index < -0.39 is 0 Å². The molecule has 0 aliphatic rings. The van der Waals surface area contributed by atoms with E-state index in [1.165, 1.54) is 6.07 Å². The highest BCUT2D eigenvalue weighted by atomic mass is 19.1. The summed E-state index contributed by atoms with van der Waals surface area (Å²) in [5.74, 6) is -0.252. The zero-order valence-electron chi connectivity index (χ0n) is 11.4. The number of anilines is 1. The molecule has 0 bridgehead atoms. The van der Waals surface area contributed by atoms with Crippen LogP contribution in [0, 0.1) is 5.82 Å². The summed E-state index contributed by atoms with van der Waals surface area (Å²) < 4.78 is 13.7. The molecule has 102 valence electrons. The maximum atomic E-state index is 13.7. The molecule has 1 unspecified atom stereocenters. The van der Waals surface area contributed by atoms with E-state index in [0.29, 0.717) is 18.3 Å². The summed E-state index contributed by atoms with van der Waals surface area (Å²) in [7, 11) is 1.78. The van der Waals surface area contributed by atoms with E-state index in [0.717, 1.165) is 18.5 Å². The average molecular weight is 254 g/mol. The first-order valence-electron chi connectivity index (χ1n) is 6.42. The number of hydrogen-bond acceptors (Lipinski definition) is 3. The first-order valence-corrected chi connectivity index (χ1v) is 6.42. The molecule has 1 aromatic rings. The maximum Gasteiger partial charge on any atom is 0.146 e. The van der Waals surface area contributed by atoms with Crippen molar-refractivity contribution in [3.63, 3.8) is 0 Å². The van der Waals surface area contributed by atoms with Crippen molar-refractivity contribution in [1.29, 1.82) is 0 Å². The van der Waals surface area contributed by atoms with Crippen LogP contribution in [-0.4, -0.2) is 31.3 Å². The van der Waals surface area contributed by atoms with Crippen LogP contribution in [0.3, 0.4) is 0 Å². The molecule has 0 heterocycles. The minimum absolute atomic E-state index is 0.0191. The molecule has 2 N–H and O–H groups in total. The van der Waals surface area contributed by atoms with Crippen LogP contribution in [0.15, 0.2) is 18.2 Å². The second-order valence-corrected chi connectivity index (χ2v) is 4.62. The maximum absolute atomic E-state index is 13.7. The Hall–Kier alpha value is -1.13. The lowest BCUT2D eigenvalue weighted by molar-refractivity contribution is 0.303. The van der Waals surface area contributed by atoms with E-state index in [2.05, 4.69) is 19.2 Å². The number of hydrogen-bond donors (Lipinski definition) is 2. The number of aliphatic hydroxyl groups excluding tert-OH is 1. The number of aliphatic hydroxyl groups is 1. The molecule has 0 amide bonds. The number of likely N-dealkylation sites (N-methyl/N-ethyl adjacent to an activating group) is 1. The van der Waals surface area contributed by atoms with Gasteiger partial charge in [0, 0.05) is 26.2 Å². The highest BCUT2D eigenvalue weighted by Gasteiger charge is 2.08. The van der Waals surface area contributed by atoms with Crippen molar-refractivity contribution < 1.29 is 9.50 Å². The summed E-state index contributed by atoms with van der Waals surface area (Å²) >= 11 is 0. The average Bonchev–Trinajstić information content (AvgIpc) is 2.37. The van der Waals surface area contributed by atoms with Gasteiger partial charge >= 0.3 is 0 Å². The number of halogens is 1. The molecule has 0 saturated carbocycles. The van der Waals surface area contributed by atoms with Gasteiger partial charge in [0.15, 0.2) is 0 Å². The summed E-state index contributed by atoms with van der Waals surface area (Å²) in [4.78, 5) is 1.72. The Morgan fingerprint density at radius 2 is 2.17 bits per heavy atom. The van der Waals surface area contributed by atoms with Crippen LogP contribution < -0.4 is 10.2 Å². The number of rotatable bonds is 7. The van der Waals surface area contributed by atoms with Gasteiger partial charge in [0.25, 0.3) is 0 Å². The van der Waals surface area contributed by atoms with E-state index in [-0.39, 0.29) is 12.4 Å². The van der Waals surface area contributed by atoms with Crippen LogP contribution in [-0.2, 0) is 6.54 Å². The smallest absolute Gasteiger partial charge is 0.146 e. The van der Waals surface area contributed by atoms with Gasteiger partial charge in [-0.05, 0) is 31.0 Å². The molecule has 4 heteroatoms. The zero-order valence-corrected chi connectivity index (χ0v) is 11.4. The van der Waals surface area contributed by atoms with Crippen LogP contribution in [0.2, 0.25) is 0 Å². The molecule has 1 aromatic carbocycles. The minimum Gasteiger partial charge on any atom is -0.395 e. The summed E-state index contributed by atoms with van der Waals surface area (Å²) in [6, 6.07) is 5.56. The van der Waals surface area contributed by atoms with E-state index in [4.69, 9.17) is 5.11 Å². The van der Waals surface area contributed by atoms with E-state index in [1.54, 1.807) is 18.0 Å². The quantitative estimate of drug-likeness (QED) is 0.782. The van der Waals surface area contributed by atoms with Crippen molar-refractivity contribution >= 4 is 5.69 Å². The molecule has 3 nitrogen and oxygen atoms in total. The Labute approximate surface area is 109 Å². The summed E-state index contributed by atoms with van der Waals surface area (Å²) in [6.07, 6.45) is 1.07. The molecule has 18 heavy (non-hydrogen) atoms. The molecular weight excluding hydrogens is 231 g/mol. The first-order chi connectivity index (χ1) is 8.58. The number of nitrogens with one attached hydrogen (secondary N) is 1. The van der Waals surface area contributed by atoms with Gasteiger partial charge in [0.2, 0.25) is 0 Å². The third kappa shape index (κ3) is 4.27. The zero-order chi connectivity index (χ0) is 13.5. The van der Waals surface area contributed by atoms with Gasteiger partial charge in [-0.25, -0.2) is 4.39 Å². The predicted molar refractivity (Wildman–Crippen MR) is 73.3 cm³/mol. The Balaban J connectivity index is 2.74. The fourth-order valence-electron chi connectivity index (χ4n) is 1.67. The Morgan fingerprint density at radius 1 is 1.44 bits per heavy atom. The lowest BCUT2D eigenvalue weighted by atomic mass is 10.1. The monoisotopic (exact) mass is 254 g/mol. The van der Waals surface area contributed by atoms with Gasteiger partial charge in [0.1, 0.15) is 5.82 Å². The van der Waals surface area contributed by atoms with E-state index >= 15 is 0 Å². The number of nitrogens with zero attached hydrogens (tertiary/aromatic N) is 1. The molecule has 1 rings (SSSR count). The lowest BCUT2D eigenvalue weighted by Gasteiger charge is -2.20. The predicted octanol–water partition coefficient (Wildman–Crippen LogP) is 2.14. The van der Waals surface area contributed by atoms with Crippen molar-refractivity contribution in [1.82, 2.24) is 5.32 Å². The molecule has 0 aromatic heterocycles. The lowest BCUT2D eigenvalue weighted by Crippen LogP contribution is -2.25. The van der Waals surface area contributed by atoms with Gasteiger partial charge < -0.3 is 15.3 Å². The molecular formula is C14H23FN2O. The fraction of sp³-hybridized carbons (Fsp3) is 0.571. The molecule has 1 atom stereocenters. The normalized spacial score (nSPS) is 12.5. The van der Waals surface area contributed by atoms with Gasteiger partial charge in [-0.2, -0.15) is 0 Å². The molecule has 0 saturated heterocycles. The van der Waals surface area contributed by atoms with Gasteiger partial charge in [-0.3, -0.25) is 0 Å². The van der Waals surface area contributed by atoms with Crippen molar-refractivity contribution in [3.05, 3.63) is 29.6 Å². The fourth-order valence-corrected chi connectivity index (χ4v) is 1.67. The molecule has 0 aliphatic heterocycles. The van der Waals surface area contributed by atoms with Crippen molar-refractivity contribution in [3.8, 4) is 0 Å². The Morgan fingerprint density at radius 3 is 2.78 bits per heavy atom. The van der Waals surface area contributed by atoms with Crippen LogP contribution in [0.25, 0.3) is 0 Å². The summed E-state index contributed by atoms with van der Waals surface area (Å²) in [6.45, 7) is 5.44. The van der Waals surface area contributed by atoms with Crippen molar-refractivity contribution in [2.75, 3.05) is 25.1 Å². The molecule has 0 aliphatic carbocycles. The van der Waals surface area contributed by atoms with E-state index in [9.17, 15) is 4.39 Å². The van der Waals surface area contributed by atoms with Gasteiger partial charge in [-0.1, -0.05) is 13.0 Å². The van der Waals surface area contributed by atoms with Crippen LogP contribution >= 0.6 is 0 Å². The molecule has 0 spiro atoms. The summed E-state index contributed by atoms with van der Waals surface area (Å²) in [5, 5.41) is 12.3. The van der Waals surface area contributed by atoms with Crippen LogP contribution in [0.4, 0.5) is 10.1 Å². The minimum atomic E-state index is -0.252. The van der Waals surface area contributed by atoms with Gasteiger partial charge in [0.05, 0.1) is 12.3 Å². The van der Waals surface area contributed by atoms with E-state index in [1.807, 2.05) is 6.07 Å². The topological polar surface area (TPSA) is 35.5 Å². The van der Waals surface area contributed by atoms with Crippen molar-refractivity contribution in [2.24, 2.45) is 0 Å². The van der Waals surface area contributed by atoms with Gasteiger partial charge in [-0.15, -0.1) is 0 Å². The molecule has 0 fully saturated rings. The first kappa shape index (κ1) is 14.9. The third-order valence-electron chi connectivity index (χ3n) is 3.12. The second kappa shape index (κ2) is 7.34. The Bertz CT molecular complexity index is 371. The Kier molecular flexibility index (Phi) is 6.09. The van der Waals surface area contributed by atoms with Crippen molar-refractivity contribution in [2.45, 2.75) is 32.9 Å². The highest BCUT2D eigenvalue weighted by molar-refractivity contribution is 5.49. The highest BCUT2D eigenvalue weighted by Crippen LogP contribution is 2.19. The molecule has 0 radical (unpaired) electrons. The standard InChI is InChI=1S/C14H23FN2O/c1-4-11(2)16-10-12-5-6-13(15)14(9-12)17(3)7-8-18/h5-6,9,11,16,18H,4,7-8,10H2,1-3H3. The van der Waals surface area contributed by atoms with Crippen LogP contribution in [0.1, 0.15) is 25.8 Å². The largest absolute Gasteiger partial charge is 0.395 e. The SMILES string of the molecule is CCC(C)NCc1ccc(F)c(N(C)CCO)c1. The third-order valence-corrected chi connectivity index (χ3v) is 3.12. The second-order valence-electron chi connectivity index (χ2n) is 4.62. The number of benzene rings is 1. The summed E-state index contributed by atoms with van der Waals surface area (Å²) in [5.41, 5.74) is 1.59. The van der Waals surface area contributed by atoms with Crippen LogP contribution in [0.5, 0.6) is 0 Å².